The van der Waals surface area contributed by atoms with Crippen LogP contribution in [0.2, 0.25) is 0 Å². The van der Waals surface area contributed by atoms with Crippen LogP contribution in [-0.4, -0.2) is 56.4 Å². The highest BCUT2D eigenvalue weighted by Crippen LogP contribution is 2.32. The van der Waals surface area contributed by atoms with E-state index in [1.165, 1.54) is 6.92 Å². The topological polar surface area (TPSA) is 120 Å². The lowest BCUT2D eigenvalue weighted by Crippen LogP contribution is -2.44. The van der Waals surface area contributed by atoms with E-state index in [1.807, 2.05) is 31.5 Å². The quantitative estimate of drug-likeness (QED) is 0.384. The van der Waals surface area contributed by atoms with Crippen LogP contribution >= 0.6 is 0 Å². The SMILES string of the molecule is CC(=O)c1c(C)c2cnc(Nc3ccc(N4CCN(C=C(C)C#N)CC4)cn3)nc2n(C2CCCC2)c1=O. The summed E-state index contributed by atoms with van der Waals surface area (Å²) in [7, 11) is 0. The summed E-state index contributed by atoms with van der Waals surface area (Å²) in [6.45, 7) is 8.42. The Morgan fingerprint density at radius 3 is 2.47 bits per heavy atom. The number of aryl methyl sites for hydroxylation is 1. The lowest BCUT2D eigenvalue weighted by atomic mass is 10.0. The molecule has 10 nitrogen and oxygen atoms in total. The highest BCUT2D eigenvalue weighted by atomic mass is 16.1. The summed E-state index contributed by atoms with van der Waals surface area (Å²) in [5.74, 6) is 0.723. The molecule has 0 spiro atoms. The van der Waals surface area contributed by atoms with Gasteiger partial charge in [-0.15, -0.1) is 0 Å². The molecule has 1 aliphatic heterocycles. The first kappa shape index (κ1) is 25.4. The van der Waals surface area contributed by atoms with E-state index in [9.17, 15) is 9.59 Å². The van der Waals surface area contributed by atoms with E-state index in [1.54, 1.807) is 17.7 Å². The van der Waals surface area contributed by atoms with Gasteiger partial charge in [0.05, 0.1) is 23.5 Å². The van der Waals surface area contributed by atoms with E-state index in [0.717, 1.165) is 62.9 Å². The summed E-state index contributed by atoms with van der Waals surface area (Å²) in [4.78, 5) is 43.9. The molecule has 4 heterocycles. The van der Waals surface area contributed by atoms with Gasteiger partial charge in [-0.25, -0.2) is 9.97 Å². The highest BCUT2D eigenvalue weighted by molar-refractivity contribution is 5.99. The largest absolute Gasteiger partial charge is 0.373 e. The molecule has 0 amide bonds. The molecule has 1 N–H and O–H groups in total. The molecule has 3 aromatic rings. The van der Waals surface area contributed by atoms with Crippen molar-refractivity contribution in [2.75, 3.05) is 36.4 Å². The number of carbonyl (C=O) groups excluding carboxylic acids is 1. The van der Waals surface area contributed by atoms with Gasteiger partial charge in [-0.3, -0.25) is 14.2 Å². The molecule has 0 atom stereocenters. The molecule has 0 bridgehead atoms. The molecule has 1 saturated heterocycles. The van der Waals surface area contributed by atoms with Crippen molar-refractivity contribution in [3.8, 4) is 6.07 Å². The molecule has 1 saturated carbocycles. The van der Waals surface area contributed by atoms with Crippen LogP contribution in [-0.2, 0) is 0 Å². The van der Waals surface area contributed by atoms with Gasteiger partial charge >= 0.3 is 0 Å². The summed E-state index contributed by atoms with van der Waals surface area (Å²) in [6, 6.07) is 6.11. The second-order valence-corrected chi connectivity index (χ2v) is 10.1. The lowest BCUT2D eigenvalue weighted by Gasteiger charge is -2.35. The van der Waals surface area contributed by atoms with Gasteiger partial charge in [0, 0.05) is 55.6 Å². The molecule has 0 unspecified atom stereocenters. The zero-order valence-electron chi connectivity index (χ0n) is 22.1. The minimum atomic E-state index is -0.264. The second-order valence-electron chi connectivity index (χ2n) is 10.1. The van der Waals surface area contributed by atoms with Crippen molar-refractivity contribution in [3.63, 3.8) is 0 Å². The molecular weight excluding hydrogens is 480 g/mol. The van der Waals surface area contributed by atoms with Crippen LogP contribution in [0.4, 0.5) is 17.5 Å². The maximum absolute atomic E-state index is 13.4. The summed E-state index contributed by atoms with van der Waals surface area (Å²) in [6.07, 6.45) is 9.34. The first-order valence-electron chi connectivity index (χ1n) is 13.1. The number of hydrogen-bond donors (Lipinski definition) is 1. The molecule has 3 aromatic heterocycles. The van der Waals surface area contributed by atoms with Crippen LogP contribution in [0.25, 0.3) is 11.0 Å². The molecule has 10 heteroatoms. The number of anilines is 3. The van der Waals surface area contributed by atoms with Crippen LogP contribution in [0.15, 0.2) is 41.1 Å². The number of aromatic nitrogens is 4. The number of Topliss-reactive ketones (excluding diaryl/α,β-unsaturated/α-hetero) is 1. The van der Waals surface area contributed by atoms with Gasteiger partial charge in [0.2, 0.25) is 5.95 Å². The first-order chi connectivity index (χ1) is 18.4. The summed E-state index contributed by atoms with van der Waals surface area (Å²) >= 11 is 0. The van der Waals surface area contributed by atoms with Gasteiger partial charge in [0.25, 0.3) is 5.56 Å². The van der Waals surface area contributed by atoms with Crippen LogP contribution in [0.1, 0.15) is 61.5 Å². The molecule has 5 rings (SSSR count). The number of allylic oxidation sites excluding steroid dienone is 1. The molecule has 1 aliphatic carbocycles. The van der Waals surface area contributed by atoms with E-state index >= 15 is 0 Å². The van der Waals surface area contributed by atoms with Gasteiger partial charge < -0.3 is 15.1 Å². The number of carbonyl (C=O) groups is 1. The molecule has 0 radical (unpaired) electrons. The number of ketones is 1. The molecular formula is C28H32N8O2. The third kappa shape index (κ3) is 4.96. The van der Waals surface area contributed by atoms with Crippen molar-refractivity contribution in [1.29, 1.82) is 5.26 Å². The fourth-order valence-electron chi connectivity index (χ4n) is 5.48. The van der Waals surface area contributed by atoms with E-state index in [-0.39, 0.29) is 22.9 Å². The molecule has 38 heavy (non-hydrogen) atoms. The summed E-state index contributed by atoms with van der Waals surface area (Å²) < 4.78 is 1.71. The Balaban J connectivity index is 1.38. The first-order valence-corrected chi connectivity index (χ1v) is 13.1. The Kier molecular flexibility index (Phi) is 7.09. The van der Waals surface area contributed by atoms with Gasteiger partial charge in [0.1, 0.15) is 11.5 Å². The maximum Gasteiger partial charge on any atom is 0.263 e. The number of fused-ring (bicyclic) bond motifs is 1. The van der Waals surface area contributed by atoms with Crippen molar-refractivity contribution in [1.82, 2.24) is 24.4 Å². The molecule has 0 aromatic carbocycles. The predicted octanol–water partition coefficient (Wildman–Crippen LogP) is 4.11. The van der Waals surface area contributed by atoms with Gasteiger partial charge in [-0.05, 0) is 51.3 Å². The average molecular weight is 513 g/mol. The Hall–Kier alpha value is -4.26. The average Bonchev–Trinajstić information content (AvgIpc) is 3.44. The zero-order valence-corrected chi connectivity index (χ0v) is 22.1. The maximum atomic E-state index is 13.4. The second kappa shape index (κ2) is 10.6. The normalized spacial score (nSPS) is 16.6. The van der Waals surface area contributed by atoms with Crippen molar-refractivity contribution in [2.45, 2.75) is 52.5 Å². The van der Waals surface area contributed by atoms with Crippen LogP contribution in [0.5, 0.6) is 0 Å². The lowest BCUT2D eigenvalue weighted by molar-refractivity contribution is 0.101. The molecule has 2 fully saturated rings. The third-order valence-electron chi connectivity index (χ3n) is 7.47. The van der Waals surface area contributed by atoms with Gasteiger partial charge in [-0.1, -0.05) is 12.8 Å². The fraction of sp³-hybridized carbons (Fsp3) is 0.429. The number of hydrogen-bond acceptors (Lipinski definition) is 9. The van der Waals surface area contributed by atoms with Crippen molar-refractivity contribution in [2.24, 2.45) is 0 Å². The van der Waals surface area contributed by atoms with Crippen LogP contribution in [0, 0.1) is 18.3 Å². The number of nitriles is 1. The number of rotatable bonds is 6. The summed E-state index contributed by atoms with van der Waals surface area (Å²) in [5, 5.41) is 12.9. The Labute approximate surface area is 221 Å². The number of nitrogens with zero attached hydrogens (tertiary/aromatic N) is 7. The minimum absolute atomic E-state index is 0.0311. The Morgan fingerprint density at radius 1 is 1.11 bits per heavy atom. The third-order valence-corrected chi connectivity index (χ3v) is 7.47. The number of piperazine rings is 1. The van der Waals surface area contributed by atoms with Crippen LogP contribution < -0.4 is 15.8 Å². The molecule has 2 aliphatic rings. The van der Waals surface area contributed by atoms with E-state index in [2.05, 4.69) is 31.2 Å². The van der Waals surface area contributed by atoms with Crippen molar-refractivity contribution < 1.29 is 4.79 Å². The minimum Gasteiger partial charge on any atom is -0.373 e. The van der Waals surface area contributed by atoms with Gasteiger partial charge in [0.15, 0.2) is 5.78 Å². The van der Waals surface area contributed by atoms with E-state index in [0.29, 0.717) is 28.5 Å². The highest BCUT2D eigenvalue weighted by Gasteiger charge is 2.26. The predicted molar refractivity (Wildman–Crippen MR) is 147 cm³/mol. The molecule has 196 valence electrons. The smallest absolute Gasteiger partial charge is 0.263 e. The number of pyridine rings is 2. The van der Waals surface area contributed by atoms with Crippen molar-refractivity contribution >= 4 is 34.3 Å². The standard InChI is InChI=1S/C28H32N8O2/c1-18(14-29)17-34-10-12-35(13-11-34)22-8-9-24(30-15-22)32-28-31-16-23-19(2)25(20(3)37)27(38)36(26(23)33-28)21-6-4-5-7-21/h8-9,15-17,21H,4-7,10-13H2,1-3H3,(H,30,31,32,33). The van der Waals surface area contributed by atoms with Gasteiger partial charge in [-0.2, -0.15) is 10.2 Å². The fourth-order valence-corrected chi connectivity index (χ4v) is 5.48. The summed E-state index contributed by atoms with van der Waals surface area (Å²) in [5.41, 5.74) is 2.87. The Bertz CT molecular complexity index is 1490. The van der Waals surface area contributed by atoms with E-state index < -0.39 is 0 Å². The Morgan fingerprint density at radius 2 is 1.84 bits per heavy atom. The van der Waals surface area contributed by atoms with Crippen LogP contribution in [0.3, 0.4) is 0 Å². The number of nitrogens with one attached hydrogen (secondary N) is 1. The van der Waals surface area contributed by atoms with E-state index in [4.69, 9.17) is 10.2 Å². The van der Waals surface area contributed by atoms with Crippen molar-refractivity contribution in [3.05, 3.63) is 57.8 Å². The zero-order chi connectivity index (χ0) is 26.8. The monoisotopic (exact) mass is 512 g/mol.